The molecule has 0 aliphatic carbocycles. The highest BCUT2D eigenvalue weighted by Crippen LogP contribution is 2.28. The van der Waals surface area contributed by atoms with E-state index in [0.29, 0.717) is 11.4 Å². The van der Waals surface area contributed by atoms with Gasteiger partial charge >= 0.3 is 0 Å². The zero-order valence-corrected chi connectivity index (χ0v) is 18.3. The Balaban J connectivity index is 1.45. The number of nitrogens with one attached hydrogen (secondary N) is 1. The number of sulfonamides is 1. The lowest BCUT2D eigenvalue weighted by Crippen LogP contribution is -2.47. The molecule has 158 valence electrons. The Bertz CT molecular complexity index is 923. The first-order chi connectivity index (χ1) is 13.9. The first-order valence-corrected chi connectivity index (χ1v) is 11.6. The van der Waals surface area contributed by atoms with Crippen molar-refractivity contribution in [1.29, 1.82) is 0 Å². The Hall–Kier alpha value is -2.09. The molecule has 0 atom stereocenters. The summed E-state index contributed by atoms with van der Waals surface area (Å²) in [5, 5.41) is 0. The summed E-state index contributed by atoms with van der Waals surface area (Å²) in [6.07, 6.45) is 0.790. The highest BCUT2D eigenvalue weighted by Gasteiger charge is 2.20. The van der Waals surface area contributed by atoms with E-state index >= 15 is 0 Å². The SMILES string of the molecule is COc1ccccc1N1CCN(CCCNS(=O)(=O)c2cc(C)ccc2C)CC1. The van der Waals surface area contributed by atoms with Crippen LogP contribution in [0.4, 0.5) is 5.69 Å². The van der Waals surface area contributed by atoms with Crippen LogP contribution in [0, 0.1) is 13.8 Å². The summed E-state index contributed by atoms with van der Waals surface area (Å²) in [6, 6.07) is 13.6. The summed E-state index contributed by atoms with van der Waals surface area (Å²) in [7, 11) is -1.76. The van der Waals surface area contributed by atoms with Gasteiger partial charge in [-0.15, -0.1) is 0 Å². The molecule has 3 rings (SSSR count). The second-order valence-electron chi connectivity index (χ2n) is 7.52. The van der Waals surface area contributed by atoms with Crippen molar-refractivity contribution in [2.24, 2.45) is 0 Å². The van der Waals surface area contributed by atoms with Crippen LogP contribution < -0.4 is 14.4 Å². The molecule has 2 aromatic rings. The van der Waals surface area contributed by atoms with Crippen molar-refractivity contribution < 1.29 is 13.2 Å². The molecule has 1 aliphatic rings. The number of rotatable bonds is 8. The van der Waals surface area contributed by atoms with E-state index in [9.17, 15) is 8.42 Å². The molecule has 1 aliphatic heterocycles. The predicted molar refractivity (Wildman–Crippen MR) is 117 cm³/mol. The maximum atomic E-state index is 12.6. The number of hydrogen-bond donors (Lipinski definition) is 1. The number of ether oxygens (including phenoxy) is 1. The van der Waals surface area contributed by atoms with E-state index in [4.69, 9.17) is 4.74 Å². The summed E-state index contributed by atoms with van der Waals surface area (Å²) in [5.74, 6) is 0.904. The second-order valence-corrected chi connectivity index (χ2v) is 9.26. The Labute approximate surface area is 174 Å². The number of piperazine rings is 1. The molecule has 0 unspecified atom stereocenters. The van der Waals surface area contributed by atoms with Gasteiger partial charge in [0.15, 0.2) is 0 Å². The summed E-state index contributed by atoms with van der Waals surface area (Å²) < 4.78 is 33.4. The van der Waals surface area contributed by atoms with Gasteiger partial charge in [0.05, 0.1) is 17.7 Å². The van der Waals surface area contributed by atoms with E-state index in [1.807, 2.05) is 44.2 Å². The van der Waals surface area contributed by atoms with E-state index in [1.165, 1.54) is 0 Å². The molecule has 0 spiro atoms. The van der Waals surface area contributed by atoms with Gasteiger partial charge in [-0.2, -0.15) is 0 Å². The fraction of sp³-hybridized carbons (Fsp3) is 0.455. The molecule has 6 nitrogen and oxygen atoms in total. The molecule has 0 saturated carbocycles. The first kappa shape index (κ1) is 21.6. The molecule has 0 bridgehead atoms. The molecule has 0 amide bonds. The zero-order chi connectivity index (χ0) is 20.9. The molecule has 2 aromatic carbocycles. The van der Waals surface area contributed by atoms with Crippen LogP contribution in [0.2, 0.25) is 0 Å². The minimum atomic E-state index is -3.46. The van der Waals surface area contributed by atoms with Crippen LogP contribution in [-0.4, -0.2) is 59.7 Å². The molecule has 0 aromatic heterocycles. The molecular formula is C22H31N3O3S. The van der Waals surface area contributed by atoms with Crippen molar-refractivity contribution >= 4 is 15.7 Å². The van der Waals surface area contributed by atoms with E-state index in [1.54, 1.807) is 13.2 Å². The summed E-state index contributed by atoms with van der Waals surface area (Å²) in [5.41, 5.74) is 2.86. The number of nitrogens with zero attached hydrogens (tertiary/aromatic N) is 2. The van der Waals surface area contributed by atoms with Gasteiger partial charge < -0.3 is 9.64 Å². The number of para-hydroxylation sites is 2. The Morgan fingerprint density at radius 1 is 1.03 bits per heavy atom. The Morgan fingerprint density at radius 3 is 2.48 bits per heavy atom. The lowest BCUT2D eigenvalue weighted by molar-refractivity contribution is 0.254. The zero-order valence-electron chi connectivity index (χ0n) is 17.5. The van der Waals surface area contributed by atoms with Crippen molar-refractivity contribution in [1.82, 2.24) is 9.62 Å². The van der Waals surface area contributed by atoms with Crippen LogP contribution in [0.15, 0.2) is 47.4 Å². The van der Waals surface area contributed by atoms with Crippen LogP contribution in [0.25, 0.3) is 0 Å². The van der Waals surface area contributed by atoms with Crippen LogP contribution in [0.1, 0.15) is 17.5 Å². The minimum absolute atomic E-state index is 0.378. The van der Waals surface area contributed by atoms with Crippen molar-refractivity contribution in [3.63, 3.8) is 0 Å². The lowest BCUT2D eigenvalue weighted by atomic mass is 10.2. The van der Waals surface area contributed by atoms with E-state index < -0.39 is 10.0 Å². The molecule has 1 heterocycles. The fourth-order valence-electron chi connectivity index (χ4n) is 3.69. The van der Waals surface area contributed by atoms with Crippen molar-refractivity contribution in [2.45, 2.75) is 25.2 Å². The van der Waals surface area contributed by atoms with E-state index in [2.05, 4.69) is 20.6 Å². The Kier molecular flexibility index (Phi) is 7.16. The highest BCUT2D eigenvalue weighted by atomic mass is 32.2. The van der Waals surface area contributed by atoms with Gasteiger partial charge in [-0.3, -0.25) is 4.90 Å². The van der Waals surface area contributed by atoms with Crippen LogP contribution in [0.5, 0.6) is 5.75 Å². The quantitative estimate of drug-likeness (QED) is 0.669. The number of benzene rings is 2. The first-order valence-electron chi connectivity index (χ1n) is 10.1. The van der Waals surface area contributed by atoms with E-state index in [0.717, 1.165) is 61.7 Å². The van der Waals surface area contributed by atoms with Crippen molar-refractivity contribution in [2.75, 3.05) is 51.3 Å². The van der Waals surface area contributed by atoms with Crippen LogP contribution in [-0.2, 0) is 10.0 Å². The average Bonchev–Trinajstić information content (AvgIpc) is 2.73. The molecule has 1 fully saturated rings. The minimum Gasteiger partial charge on any atom is -0.495 e. The number of methoxy groups -OCH3 is 1. The smallest absolute Gasteiger partial charge is 0.240 e. The summed E-state index contributed by atoms with van der Waals surface area (Å²) >= 11 is 0. The largest absolute Gasteiger partial charge is 0.495 e. The monoisotopic (exact) mass is 417 g/mol. The molecule has 1 saturated heterocycles. The molecule has 29 heavy (non-hydrogen) atoms. The molecule has 7 heteroatoms. The van der Waals surface area contributed by atoms with Gasteiger partial charge in [0.1, 0.15) is 5.75 Å². The third-order valence-electron chi connectivity index (χ3n) is 5.37. The van der Waals surface area contributed by atoms with Crippen molar-refractivity contribution in [3.05, 3.63) is 53.6 Å². The molecule has 0 radical (unpaired) electrons. The van der Waals surface area contributed by atoms with Gasteiger partial charge in [-0.1, -0.05) is 24.3 Å². The summed E-state index contributed by atoms with van der Waals surface area (Å²) in [4.78, 5) is 5.11. The third-order valence-corrected chi connectivity index (χ3v) is 6.98. The van der Waals surface area contributed by atoms with Crippen molar-refractivity contribution in [3.8, 4) is 5.75 Å². The maximum Gasteiger partial charge on any atom is 0.240 e. The van der Waals surface area contributed by atoms with Gasteiger partial charge in [-0.25, -0.2) is 13.1 Å². The fourth-order valence-corrected chi connectivity index (χ4v) is 5.09. The van der Waals surface area contributed by atoms with Crippen LogP contribution >= 0.6 is 0 Å². The Morgan fingerprint density at radius 2 is 1.76 bits per heavy atom. The standard InChI is InChI=1S/C22H31N3O3S/c1-18-9-10-19(2)22(17-18)29(26,27)23-11-6-12-24-13-15-25(16-14-24)20-7-4-5-8-21(20)28-3/h4-5,7-10,17,23H,6,11-16H2,1-3H3. The average molecular weight is 418 g/mol. The topological polar surface area (TPSA) is 61.9 Å². The van der Waals surface area contributed by atoms with Gasteiger partial charge in [0.25, 0.3) is 0 Å². The highest BCUT2D eigenvalue weighted by molar-refractivity contribution is 7.89. The van der Waals surface area contributed by atoms with Gasteiger partial charge in [0.2, 0.25) is 10.0 Å². The summed E-state index contributed by atoms with van der Waals surface area (Å²) in [6.45, 7) is 8.86. The van der Waals surface area contributed by atoms with E-state index in [-0.39, 0.29) is 0 Å². The number of aryl methyl sites for hydroxylation is 2. The molecule has 1 N–H and O–H groups in total. The third kappa shape index (κ3) is 5.50. The lowest BCUT2D eigenvalue weighted by Gasteiger charge is -2.36. The number of anilines is 1. The van der Waals surface area contributed by atoms with Gasteiger partial charge in [-0.05, 0) is 56.1 Å². The number of hydrogen-bond acceptors (Lipinski definition) is 5. The predicted octanol–water partition coefficient (Wildman–Crippen LogP) is 2.80. The maximum absolute atomic E-state index is 12.6. The molecular weight excluding hydrogens is 386 g/mol. The normalized spacial score (nSPS) is 15.5. The van der Waals surface area contributed by atoms with Gasteiger partial charge in [0, 0.05) is 32.7 Å². The van der Waals surface area contributed by atoms with Crippen LogP contribution in [0.3, 0.4) is 0 Å². The second kappa shape index (κ2) is 9.61.